The summed E-state index contributed by atoms with van der Waals surface area (Å²) < 4.78 is 0. The molecule has 0 spiro atoms. The Morgan fingerprint density at radius 3 is 2.77 bits per heavy atom. The van der Waals surface area contributed by atoms with E-state index < -0.39 is 0 Å². The van der Waals surface area contributed by atoms with Crippen LogP contribution in [0.3, 0.4) is 0 Å². The molecule has 3 heteroatoms. The fourth-order valence-electron chi connectivity index (χ4n) is 1.48. The van der Waals surface area contributed by atoms with Crippen molar-refractivity contribution in [3.05, 3.63) is 24.0 Å². The molecular formula is C10H13N3. The van der Waals surface area contributed by atoms with Crippen molar-refractivity contribution in [2.45, 2.75) is 26.2 Å². The van der Waals surface area contributed by atoms with Crippen LogP contribution in [0, 0.1) is 0 Å². The summed E-state index contributed by atoms with van der Waals surface area (Å²) >= 11 is 0. The van der Waals surface area contributed by atoms with Gasteiger partial charge in [-0.25, -0.2) is 0 Å². The third-order valence-electron chi connectivity index (χ3n) is 2.15. The molecule has 68 valence electrons. The lowest BCUT2D eigenvalue weighted by molar-refractivity contribution is 0.594. The van der Waals surface area contributed by atoms with Crippen molar-refractivity contribution in [2.75, 3.05) is 0 Å². The van der Waals surface area contributed by atoms with Gasteiger partial charge in [0.25, 0.3) is 0 Å². The summed E-state index contributed by atoms with van der Waals surface area (Å²) in [5.74, 6) is 0. The standard InChI is InChI=1S/C10H13N3/c1-10(2,3)7-4-5-11-8-6-12-13-9(7)8/h4-6H,1-3H3,(H,12,13). The molecule has 2 aromatic rings. The van der Waals surface area contributed by atoms with E-state index in [2.05, 4.69) is 36.0 Å². The molecule has 0 saturated heterocycles. The number of aromatic amines is 1. The number of nitrogens with one attached hydrogen (secondary N) is 1. The van der Waals surface area contributed by atoms with Gasteiger partial charge in [0.15, 0.2) is 0 Å². The lowest BCUT2D eigenvalue weighted by Crippen LogP contribution is -2.11. The molecule has 0 aliphatic carbocycles. The van der Waals surface area contributed by atoms with Crippen molar-refractivity contribution >= 4 is 11.0 Å². The van der Waals surface area contributed by atoms with Crippen molar-refractivity contribution < 1.29 is 0 Å². The Hall–Kier alpha value is -1.38. The maximum Gasteiger partial charge on any atom is 0.108 e. The number of aromatic nitrogens is 3. The average molecular weight is 175 g/mol. The first-order valence-electron chi connectivity index (χ1n) is 4.37. The highest BCUT2D eigenvalue weighted by atomic mass is 15.1. The van der Waals surface area contributed by atoms with E-state index in [1.54, 1.807) is 6.20 Å². The second kappa shape index (κ2) is 2.55. The Kier molecular flexibility index (Phi) is 1.62. The highest BCUT2D eigenvalue weighted by Gasteiger charge is 2.17. The van der Waals surface area contributed by atoms with Crippen LogP contribution in [0.4, 0.5) is 0 Å². The minimum absolute atomic E-state index is 0.133. The number of hydrogen-bond donors (Lipinski definition) is 1. The Morgan fingerprint density at radius 2 is 2.08 bits per heavy atom. The first-order chi connectivity index (χ1) is 6.09. The van der Waals surface area contributed by atoms with Crippen LogP contribution in [0.1, 0.15) is 26.3 Å². The molecule has 0 aliphatic rings. The lowest BCUT2D eigenvalue weighted by Gasteiger charge is -2.18. The maximum atomic E-state index is 4.22. The molecule has 0 atom stereocenters. The summed E-state index contributed by atoms with van der Waals surface area (Å²) in [5, 5.41) is 6.97. The van der Waals surface area contributed by atoms with E-state index in [0.717, 1.165) is 11.0 Å². The van der Waals surface area contributed by atoms with Gasteiger partial charge in [-0.1, -0.05) is 20.8 Å². The summed E-state index contributed by atoms with van der Waals surface area (Å²) in [5.41, 5.74) is 3.38. The number of pyridine rings is 1. The van der Waals surface area contributed by atoms with Crippen LogP contribution in [0.2, 0.25) is 0 Å². The highest BCUT2D eigenvalue weighted by molar-refractivity contribution is 5.77. The molecule has 0 aromatic carbocycles. The fraction of sp³-hybridized carbons (Fsp3) is 0.400. The number of nitrogens with zero attached hydrogens (tertiary/aromatic N) is 2. The average Bonchev–Trinajstić information content (AvgIpc) is 2.48. The number of fused-ring (bicyclic) bond motifs is 1. The molecule has 3 nitrogen and oxygen atoms in total. The third kappa shape index (κ3) is 1.30. The number of rotatable bonds is 0. The van der Waals surface area contributed by atoms with Gasteiger partial charge in [-0.2, -0.15) is 5.10 Å². The summed E-state index contributed by atoms with van der Waals surface area (Å²) in [6, 6.07) is 2.04. The van der Waals surface area contributed by atoms with E-state index in [4.69, 9.17) is 0 Å². The molecule has 2 heterocycles. The molecule has 0 saturated carbocycles. The van der Waals surface area contributed by atoms with Crippen molar-refractivity contribution in [3.63, 3.8) is 0 Å². The SMILES string of the molecule is CC(C)(C)c1ccnc2cn[nH]c12. The van der Waals surface area contributed by atoms with Gasteiger partial charge >= 0.3 is 0 Å². The zero-order valence-corrected chi connectivity index (χ0v) is 8.13. The van der Waals surface area contributed by atoms with Crippen LogP contribution in [0.15, 0.2) is 18.5 Å². The van der Waals surface area contributed by atoms with Gasteiger partial charge in [0.1, 0.15) is 5.52 Å². The highest BCUT2D eigenvalue weighted by Crippen LogP contribution is 2.26. The summed E-state index contributed by atoms with van der Waals surface area (Å²) in [4.78, 5) is 4.22. The van der Waals surface area contributed by atoms with Gasteiger partial charge in [0, 0.05) is 6.20 Å². The van der Waals surface area contributed by atoms with Crippen molar-refractivity contribution in [1.29, 1.82) is 0 Å². The predicted molar refractivity (Wildman–Crippen MR) is 52.6 cm³/mol. The Balaban J connectivity index is 2.75. The first kappa shape index (κ1) is 8.23. The maximum absolute atomic E-state index is 4.22. The van der Waals surface area contributed by atoms with Crippen LogP contribution in [-0.4, -0.2) is 15.2 Å². The van der Waals surface area contributed by atoms with E-state index in [1.165, 1.54) is 5.56 Å². The van der Waals surface area contributed by atoms with Crippen LogP contribution >= 0.6 is 0 Å². The Bertz CT molecular complexity index is 423. The molecule has 1 N–H and O–H groups in total. The van der Waals surface area contributed by atoms with Gasteiger partial charge < -0.3 is 0 Å². The largest absolute Gasteiger partial charge is 0.276 e. The quantitative estimate of drug-likeness (QED) is 0.667. The molecule has 0 amide bonds. The van der Waals surface area contributed by atoms with E-state index in [9.17, 15) is 0 Å². The minimum atomic E-state index is 0.133. The smallest absolute Gasteiger partial charge is 0.108 e. The van der Waals surface area contributed by atoms with Crippen molar-refractivity contribution in [2.24, 2.45) is 0 Å². The molecule has 0 bridgehead atoms. The summed E-state index contributed by atoms with van der Waals surface area (Å²) in [7, 11) is 0. The summed E-state index contributed by atoms with van der Waals surface area (Å²) in [6.07, 6.45) is 3.59. The molecular weight excluding hydrogens is 162 g/mol. The number of H-pyrrole nitrogens is 1. The molecule has 0 aliphatic heterocycles. The molecule has 0 unspecified atom stereocenters. The van der Waals surface area contributed by atoms with E-state index >= 15 is 0 Å². The van der Waals surface area contributed by atoms with Crippen LogP contribution in [0.5, 0.6) is 0 Å². The van der Waals surface area contributed by atoms with Gasteiger partial charge in [-0.15, -0.1) is 0 Å². The lowest BCUT2D eigenvalue weighted by atomic mass is 9.87. The topological polar surface area (TPSA) is 41.6 Å². The zero-order chi connectivity index (χ0) is 9.47. The first-order valence-corrected chi connectivity index (χ1v) is 4.37. The monoisotopic (exact) mass is 175 g/mol. The van der Waals surface area contributed by atoms with Crippen LogP contribution in [0.25, 0.3) is 11.0 Å². The molecule has 0 radical (unpaired) electrons. The second-order valence-corrected chi connectivity index (χ2v) is 4.24. The van der Waals surface area contributed by atoms with Crippen molar-refractivity contribution in [1.82, 2.24) is 15.2 Å². The normalized spacial score (nSPS) is 12.2. The molecule has 0 fully saturated rings. The van der Waals surface area contributed by atoms with E-state index in [1.807, 2.05) is 12.3 Å². The van der Waals surface area contributed by atoms with E-state index in [0.29, 0.717) is 0 Å². The van der Waals surface area contributed by atoms with Crippen LogP contribution in [-0.2, 0) is 5.41 Å². The fourth-order valence-corrected chi connectivity index (χ4v) is 1.48. The minimum Gasteiger partial charge on any atom is -0.276 e. The van der Waals surface area contributed by atoms with Crippen LogP contribution < -0.4 is 0 Å². The molecule has 2 aromatic heterocycles. The Morgan fingerprint density at radius 1 is 1.31 bits per heavy atom. The van der Waals surface area contributed by atoms with Gasteiger partial charge in [-0.05, 0) is 17.0 Å². The Labute approximate surface area is 77.2 Å². The van der Waals surface area contributed by atoms with E-state index in [-0.39, 0.29) is 5.41 Å². The molecule has 13 heavy (non-hydrogen) atoms. The zero-order valence-electron chi connectivity index (χ0n) is 8.13. The van der Waals surface area contributed by atoms with Crippen molar-refractivity contribution in [3.8, 4) is 0 Å². The van der Waals surface area contributed by atoms with Gasteiger partial charge in [0.2, 0.25) is 0 Å². The number of hydrogen-bond acceptors (Lipinski definition) is 2. The second-order valence-electron chi connectivity index (χ2n) is 4.24. The third-order valence-corrected chi connectivity index (χ3v) is 2.15. The van der Waals surface area contributed by atoms with Gasteiger partial charge in [0.05, 0.1) is 11.7 Å². The molecule has 2 rings (SSSR count). The van der Waals surface area contributed by atoms with Gasteiger partial charge in [-0.3, -0.25) is 10.1 Å². The summed E-state index contributed by atoms with van der Waals surface area (Å²) in [6.45, 7) is 6.55. The predicted octanol–water partition coefficient (Wildman–Crippen LogP) is 2.26.